The van der Waals surface area contributed by atoms with Crippen LogP contribution in [0.1, 0.15) is 37.9 Å². The largest absolute Gasteiger partial charge is 0.386 e. The number of halogens is 1. The van der Waals surface area contributed by atoms with Crippen LogP contribution in [-0.4, -0.2) is 56.2 Å². The van der Waals surface area contributed by atoms with Gasteiger partial charge in [0.05, 0.1) is 5.60 Å². The first-order valence-corrected chi connectivity index (χ1v) is 12.8. The topological polar surface area (TPSA) is 129 Å². The van der Waals surface area contributed by atoms with E-state index in [1.165, 1.54) is 18.5 Å². The summed E-state index contributed by atoms with van der Waals surface area (Å²) in [6.45, 7) is 8.48. The lowest BCUT2D eigenvalue weighted by Crippen LogP contribution is -2.47. The van der Waals surface area contributed by atoms with Crippen molar-refractivity contribution in [1.29, 1.82) is 0 Å². The zero-order chi connectivity index (χ0) is 27.8. The van der Waals surface area contributed by atoms with Gasteiger partial charge < -0.3 is 26.0 Å². The Morgan fingerprint density at radius 3 is 1.97 bits per heavy atom. The molecule has 2 aromatic heterocycles. The lowest BCUT2D eigenvalue weighted by atomic mass is 9.98. The van der Waals surface area contributed by atoms with Gasteiger partial charge in [-0.15, -0.1) is 0 Å². The van der Waals surface area contributed by atoms with E-state index < -0.39 is 5.60 Å². The first kappa shape index (κ1) is 27.8. The van der Waals surface area contributed by atoms with Crippen LogP contribution in [0.25, 0.3) is 0 Å². The van der Waals surface area contributed by atoms with Crippen molar-refractivity contribution in [3.63, 3.8) is 0 Å². The Balaban J connectivity index is 0.000000438. The van der Waals surface area contributed by atoms with Crippen LogP contribution < -0.4 is 20.9 Å². The molecular weight excluding hydrogens is 497 g/mol. The molecule has 0 aliphatic carbocycles. The van der Waals surface area contributed by atoms with E-state index in [2.05, 4.69) is 40.0 Å². The smallest absolute Gasteiger partial charge is 0.231 e. The molecule has 0 amide bonds. The molecule has 3 heterocycles. The summed E-state index contributed by atoms with van der Waals surface area (Å²) in [4.78, 5) is 26.3. The summed E-state index contributed by atoms with van der Waals surface area (Å²) in [5.74, 6) is 1.64. The van der Waals surface area contributed by atoms with Crippen molar-refractivity contribution in [2.24, 2.45) is 5.73 Å². The van der Waals surface area contributed by atoms with Gasteiger partial charge in [-0.1, -0.05) is 30.3 Å². The van der Waals surface area contributed by atoms with E-state index in [-0.39, 0.29) is 11.9 Å². The molecule has 0 radical (unpaired) electrons. The van der Waals surface area contributed by atoms with Crippen molar-refractivity contribution in [2.75, 3.05) is 41.3 Å². The highest BCUT2D eigenvalue weighted by Gasteiger charge is 2.21. The SMILES string of the molecule is CC(N)c1cnc(N2CCN(c3ncnc(Nc4ccc(C(C)(C)O)cc4)n3)CC2)nc1.Fc1ccccc1. The molecule has 39 heavy (non-hydrogen) atoms. The van der Waals surface area contributed by atoms with Crippen LogP contribution in [0, 0.1) is 5.82 Å². The molecule has 0 spiro atoms. The van der Waals surface area contributed by atoms with Gasteiger partial charge in [0.25, 0.3) is 0 Å². The zero-order valence-corrected chi connectivity index (χ0v) is 22.4. The highest BCUT2D eigenvalue weighted by atomic mass is 19.1. The van der Waals surface area contributed by atoms with Crippen LogP contribution in [0.4, 0.5) is 27.9 Å². The number of hydrogen-bond acceptors (Lipinski definition) is 10. The minimum absolute atomic E-state index is 0.0769. The van der Waals surface area contributed by atoms with Crippen molar-refractivity contribution >= 4 is 23.5 Å². The maximum Gasteiger partial charge on any atom is 0.231 e. The second kappa shape index (κ2) is 12.5. The fourth-order valence-corrected chi connectivity index (χ4v) is 3.84. The van der Waals surface area contributed by atoms with E-state index in [0.717, 1.165) is 43.0 Å². The van der Waals surface area contributed by atoms with Gasteiger partial charge in [-0.05, 0) is 50.6 Å². The second-order valence-corrected chi connectivity index (χ2v) is 9.75. The molecule has 1 aliphatic rings. The highest BCUT2D eigenvalue weighted by Crippen LogP contribution is 2.23. The van der Waals surface area contributed by atoms with E-state index in [0.29, 0.717) is 17.8 Å². The van der Waals surface area contributed by atoms with Crippen LogP contribution in [0.2, 0.25) is 0 Å². The van der Waals surface area contributed by atoms with Crippen molar-refractivity contribution in [3.05, 3.63) is 90.3 Å². The van der Waals surface area contributed by atoms with Gasteiger partial charge in [-0.25, -0.2) is 24.3 Å². The monoisotopic (exact) mass is 531 g/mol. The molecule has 11 heteroatoms. The summed E-state index contributed by atoms with van der Waals surface area (Å²) in [7, 11) is 0. The highest BCUT2D eigenvalue weighted by molar-refractivity contribution is 5.55. The number of nitrogens with one attached hydrogen (secondary N) is 1. The Hall–Kier alpha value is -4.22. The van der Waals surface area contributed by atoms with Gasteiger partial charge in [0, 0.05) is 55.9 Å². The predicted octanol–water partition coefficient (Wildman–Crippen LogP) is 3.80. The third-order valence-corrected chi connectivity index (χ3v) is 6.17. The Kier molecular flexibility index (Phi) is 8.95. The van der Waals surface area contributed by atoms with Crippen LogP contribution in [0.3, 0.4) is 0 Å². The first-order valence-electron chi connectivity index (χ1n) is 12.8. The van der Waals surface area contributed by atoms with Gasteiger partial charge in [-0.2, -0.15) is 4.98 Å². The van der Waals surface area contributed by atoms with Crippen molar-refractivity contribution in [1.82, 2.24) is 24.9 Å². The molecule has 2 aromatic carbocycles. The predicted molar refractivity (Wildman–Crippen MR) is 150 cm³/mol. The molecule has 0 bridgehead atoms. The molecule has 1 fully saturated rings. The van der Waals surface area contributed by atoms with Crippen LogP contribution in [0.15, 0.2) is 73.3 Å². The Labute approximate surface area is 227 Å². The van der Waals surface area contributed by atoms with Gasteiger partial charge in [-0.3, -0.25) is 0 Å². The summed E-state index contributed by atoms with van der Waals surface area (Å²) in [5, 5.41) is 13.3. The van der Waals surface area contributed by atoms with Crippen molar-refractivity contribution in [3.8, 4) is 0 Å². The Morgan fingerprint density at radius 2 is 1.46 bits per heavy atom. The molecule has 0 saturated carbocycles. The molecule has 4 N–H and O–H groups in total. The number of nitrogens with zero attached hydrogens (tertiary/aromatic N) is 7. The number of aliphatic hydroxyl groups is 1. The Morgan fingerprint density at radius 1 is 0.872 bits per heavy atom. The fraction of sp³-hybridized carbons (Fsp3) is 0.321. The van der Waals surface area contributed by atoms with Crippen LogP contribution in [-0.2, 0) is 5.60 Å². The maximum absolute atomic E-state index is 11.9. The molecule has 1 atom stereocenters. The lowest BCUT2D eigenvalue weighted by molar-refractivity contribution is 0.0786. The second-order valence-electron chi connectivity index (χ2n) is 9.75. The van der Waals surface area contributed by atoms with Crippen LogP contribution >= 0.6 is 0 Å². The number of nitrogens with two attached hydrogens (primary N) is 1. The number of hydrogen-bond donors (Lipinski definition) is 3. The number of piperazine rings is 1. The van der Waals surface area contributed by atoms with Crippen molar-refractivity contribution in [2.45, 2.75) is 32.4 Å². The van der Waals surface area contributed by atoms with Crippen molar-refractivity contribution < 1.29 is 9.50 Å². The van der Waals surface area contributed by atoms with Gasteiger partial charge in [0.1, 0.15) is 12.1 Å². The molecule has 10 nitrogen and oxygen atoms in total. The maximum atomic E-state index is 11.9. The quantitative estimate of drug-likeness (QED) is 0.338. The fourth-order valence-electron chi connectivity index (χ4n) is 3.84. The molecule has 204 valence electrons. The zero-order valence-electron chi connectivity index (χ0n) is 22.4. The molecular formula is C28H34FN9O. The molecule has 1 saturated heterocycles. The normalized spacial score (nSPS) is 14.3. The van der Waals surface area contributed by atoms with Gasteiger partial charge >= 0.3 is 0 Å². The summed E-state index contributed by atoms with van der Waals surface area (Å²) in [5.41, 5.74) is 7.60. The third-order valence-electron chi connectivity index (χ3n) is 6.17. The number of benzene rings is 2. The average molecular weight is 532 g/mol. The summed E-state index contributed by atoms with van der Waals surface area (Å²) in [6, 6.07) is 15.4. The third kappa shape index (κ3) is 7.88. The van der Waals surface area contributed by atoms with E-state index in [9.17, 15) is 9.50 Å². The summed E-state index contributed by atoms with van der Waals surface area (Å²) in [6.07, 6.45) is 5.09. The molecule has 1 aliphatic heterocycles. The van der Waals surface area contributed by atoms with E-state index in [4.69, 9.17) is 5.73 Å². The van der Waals surface area contributed by atoms with E-state index >= 15 is 0 Å². The van der Waals surface area contributed by atoms with Gasteiger partial charge in [0.2, 0.25) is 17.8 Å². The number of rotatable bonds is 6. The molecule has 5 rings (SSSR count). The first-order chi connectivity index (χ1) is 18.7. The average Bonchev–Trinajstić information content (AvgIpc) is 2.94. The number of aromatic nitrogens is 5. The lowest BCUT2D eigenvalue weighted by Gasteiger charge is -2.34. The van der Waals surface area contributed by atoms with E-state index in [1.807, 2.05) is 31.2 Å². The standard InChI is InChI=1S/C22H29N9O.C6H5F/c1-15(23)16-12-24-20(25-13-16)30-8-10-31(11-9-30)21-27-14-26-19(29-21)28-18-6-4-17(5-7-18)22(2,3)32;7-6-4-2-1-3-5-6/h4-7,12-15,32H,8-11,23H2,1-3H3,(H,26,27,28,29);1-5H. The minimum atomic E-state index is -0.878. The van der Waals surface area contributed by atoms with Crippen LogP contribution in [0.5, 0.6) is 0 Å². The summed E-state index contributed by atoms with van der Waals surface area (Å²) < 4.78 is 11.9. The van der Waals surface area contributed by atoms with E-state index in [1.54, 1.807) is 44.4 Å². The van der Waals surface area contributed by atoms with Gasteiger partial charge in [0.15, 0.2) is 0 Å². The number of anilines is 4. The summed E-state index contributed by atoms with van der Waals surface area (Å²) >= 11 is 0. The molecule has 1 unspecified atom stereocenters. The molecule has 4 aromatic rings. The minimum Gasteiger partial charge on any atom is -0.386 e. The Bertz CT molecular complexity index is 1310.